The van der Waals surface area contributed by atoms with Gasteiger partial charge in [-0.15, -0.1) is 0 Å². The van der Waals surface area contributed by atoms with E-state index in [-0.39, 0.29) is 6.10 Å². The van der Waals surface area contributed by atoms with Crippen LogP contribution in [0, 0.1) is 5.92 Å². The molecule has 0 aromatic heterocycles. The Morgan fingerprint density at radius 3 is 2.25 bits per heavy atom. The van der Waals surface area contributed by atoms with Crippen LogP contribution in [0.2, 0.25) is 0 Å². The molecule has 3 heteroatoms. The Balaban J connectivity index is 3.45. The summed E-state index contributed by atoms with van der Waals surface area (Å²) in [4.78, 5) is 2.11. The van der Waals surface area contributed by atoms with E-state index in [1.807, 2.05) is 14.1 Å². The normalized spacial score (nSPS) is 14.2. The fourth-order valence-corrected chi connectivity index (χ4v) is 0.919. The molecule has 0 fully saturated rings. The van der Waals surface area contributed by atoms with Gasteiger partial charge in [-0.3, -0.25) is 0 Å². The van der Waals surface area contributed by atoms with Crippen LogP contribution in [-0.2, 0) is 4.74 Å². The van der Waals surface area contributed by atoms with Crippen LogP contribution >= 0.6 is 0 Å². The van der Waals surface area contributed by atoms with Crippen molar-refractivity contribution in [3.63, 3.8) is 0 Å². The number of rotatable bonds is 6. The third kappa shape index (κ3) is 5.52. The zero-order valence-electron chi connectivity index (χ0n) is 8.71. The summed E-state index contributed by atoms with van der Waals surface area (Å²) in [5.74, 6) is 0.511. The van der Waals surface area contributed by atoms with Crippen LogP contribution in [0.1, 0.15) is 13.8 Å². The number of nitrogens with two attached hydrogens (primary N) is 1. The highest BCUT2D eigenvalue weighted by atomic mass is 16.5. The van der Waals surface area contributed by atoms with E-state index >= 15 is 0 Å². The molecule has 0 rings (SSSR count). The van der Waals surface area contributed by atoms with Crippen molar-refractivity contribution in [3.8, 4) is 0 Å². The summed E-state index contributed by atoms with van der Waals surface area (Å²) in [5, 5.41) is 0. The molecule has 0 radical (unpaired) electrons. The maximum absolute atomic E-state index is 5.60. The van der Waals surface area contributed by atoms with Crippen LogP contribution in [0.15, 0.2) is 0 Å². The summed E-state index contributed by atoms with van der Waals surface area (Å²) in [5.41, 5.74) is 5.55. The Hall–Kier alpha value is -0.120. The summed E-state index contributed by atoms with van der Waals surface area (Å²) in [7, 11) is 4.08. The third-order valence-electron chi connectivity index (χ3n) is 1.85. The average molecular weight is 174 g/mol. The Morgan fingerprint density at radius 1 is 1.33 bits per heavy atom. The molecule has 0 saturated carbocycles. The van der Waals surface area contributed by atoms with E-state index in [0.717, 1.165) is 13.2 Å². The molecule has 0 aromatic rings. The molecule has 12 heavy (non-hydrogen) atoms. The van der Waals surface area contributed by atoms with E-state index in [1.165, 1.54) is 0 Å². The minimum Gasteiger partial charge on any atom is -0.375 e. The van der Waals surface area contributed by atoms with E-state index in [0.29, 0.717) is 12.5 Å². The Labute approximate surface area is 75.9 Å². The quantitative estimate of drug-likeness (QED) is 0.639. The minimum absolute atomic E-state index is 0.213. The molecule has 0 aliphatic heterocycles. The Bertz CT molecular complexity index is 105. The largest absolute Gasteiger partial charge is 0.375 e. The topological polar surface area (TPSA) is 38.5 Å². The van der Waals surface area contributed by atoms with Crippen molar-refractivity contribution in [2.24, 2.45) is 11.7 Å². The zero-order valence-corrected chi connectivity index (χ0v) is 8.71. The predicted octanol–water partition coefficient (Wildman–Crippen LogP) is 0.548. The van der Waals surface area contributed by atoms with E-state index < -0.39 is 0 Å². The lowest BCUT2D eigenvalue weighted by Gasteiger charge is -2.20. The molecule has 1 atom stereocenters. The van der Waals surface area contributed by atoms with Gasteiger partial charge in [-0.1, -0.05) is 13.8 Å². The van der Waals surface area contributed by atoms with Crippen LogP contribution in [0.25, 0.3) is 0 Å². The smallest absolute Gasteiger partial charge is 0.0720 e. The monoisotopic (exact) mass is 174 g/mol. The molecule has 0 aliphatic carbocycles. The maximum atomic E-state index is 5.60. The van der Waals surface area contributed by atoms with Crippen LogP contribution in [0.5, 0.6) is 0 Å². The lowest BCUT2D eigenvalue weighted by Crippen LogP contribution is -2.31. The van der Waals surface area contributed by atoms with Crippen molar-refractivity contribution in [2.45, 2.75) is 20.0 Å². The van der Waals surface area contributed by atoms with Gasteiger partial charge < -0.3 is 15.4 Å². The number of ether oxygens (including phenoxy) is 1. The second-order valence-electron chi connectivity index (χ2n) is 3.69. The number of hydrogen-bond acceptors (Lipinski definition) is 3. The van der Waals surface area contributed by atoms with Crippen molar-refractivity contribution in [3.05, 3.63) is 0 Å². The second-order valence-corrected chi connectivity index (χ2v) is 3.69. The van der Waals surface area contributed by atoms with Gasteiger partial charge in [0, 0.05) is 13.1 Å². The molecule has 0 aliphatic rings. The van der Waals surface area contributed by atoms with E-state index in [4.69, 9.17) is 10.5 Å². The molecule has 0 spiro atoms. The van der Waals surface area contributed by atoms with Crippen LogP contribution < -0.4 is 5.73 Å². The first-order valence-electron chi connectivity index (χ1n) is 4.54. The van der Waals surface area contributed by atoms with Gasteiger partial charge in [0.1, 0.15) is 0 Å². The van der Waals surface area contributed by atoms with Gasteiger partial charge in [-0.25, -0.2) is 0 Å². The van der Waals surface area contributed by atoms with Crippen LogP contribution in [0.3, 0.4) is 0 Å². The molecule has 3 nitrogen and oxygen atoms in total. The van der Waals surface area contributed by atoms with Gasteiger partial charge in [-0.05, 0) is 20.0 Å². The Morgan fingerprint density at radius 2 is 1.92 bits per heavy atom. The summed E-state index contributed by atoms with van der Waals surface area (Å²) in [6, 6.07) is 0. The van der Waals surface area contributed by atoms with Crippen molar-refractivity contribution < 1.29 is 4.74 Å². The van der Waals surface area contributed by atoms with Crippen LogP contribution in [-0.4, -0.2) is 44.8 Å². The average Bonchev–Trinajstić information content (AvgIpc) is 1.96. The van der Waals surface area contributed by atoms with Gasteiger partial charge in [0.2, 0.25) is 0 Å². The molecule has 0 bridgehead atoms. The van der Waals surface area contributed by atoms with E-state index in [9.17, 15) is 0 Å². The van der Waals surface area contributed by atoms with Crippen molar-refractivity contribution >= 4 is 0 Å². The predicted molar refractivity (Wildman–Crippen MR) is 52.2 cm³/mol. The molecular formula is C9H22N2O. The first kappa shape index (κ1) is 11.9. The van der Waals surface area contributed by atoms with E-state index in [1.54, 1.807) is 0 Å². The highest BCUT2D eigenvalue weighted by Crippen LogP contribution is 2.04. The van der Waals surface area contributed by atoms with Gasteiger partial charge in [0.25, 0.3) is 0 Å². The minimum atomic E-state index is 0.213. The summed E-state index contributed by atoms with van der Waals surface area (Å²) < 4.78 is 5.60. The number of hydrogen-bond donors (Lipinski definition) is 1. The summed E-state index contributed by atoms with van der Waals surface area (Å²) in [6.07, 6.45) is 0.213. The first-order valence-corrected chi connectivity index (χ1v) is 4.54. The molecule has 1 unspecified atom stereocenters. The van der Waals surface area contributed by atoms with Crippen LogP contribution in [0.4, 0.5) is 0 Å². The molecular weight excluding hydrogens is 152 g/mol. The van der Waals surface area contributed by atoms with E-state index in [2.05, 4.69) is 18.7 Å². The lowest BCUT2D eigenvalue weighted by atomic mass is 10.1. The van der Waals surface area contributed by atoms with Gasteiger partial charge in [0.05, 0.1) is 12.7 Å². The number of likely N-dealkylation sites (N-methyl/N-ethyl adjacent to an activating group) is 1. The van der Waals surface area contributed by atoms with Gasteiger partial charge in [-0.2, -0.15) is 0 Å². The zero-order chi connectivity index (χ0) is 9.56. The SMILES string of the molecule is CC(C)C(CN)OCCN(C)C. The van der Waals surface area contributed by atoms with Crippen molar-refractivity contribution in [2.75, 3.05) is 33.8 Å². The maximum Gasteiger partial charge on any atom is 0.0720 e. The summed E-state index contributed by atoms with van der Waals surface area (Å²) >= 11 is 0. The first-order chi connectivity index (χ1) is 5.57. The molecule has 0 saturated heterocycles. The van der Waals surface area contributed by atoms with Crippen molar-refractivity contribution in [1.29, 1.82) is 0 Å². The fraction of sp³-hybridized carbons (Fsp3) is 1.00. The summed E-state index contributed by atoms with van der Waals surface area (Å²) in [6.45, 7) is 6.61. The Kier molecular flexibility index (Phi) is 6.34. The lowest BCUT2D eigenvalue weighted by molar-refractivity contribution is 0.0215. The fourth-order valence-electron chi connectivity index (χ4n) is 0.919. The second kappa shape index (κ2) is 6.40. The molecule has 0 aromatic carbocycles. The standard InChI is InChI=1S/C9H22N2O/c1-8(2)9(7-10)12-6-5-11(3)4/h8-9H,5-7,10H2,1-4H3. The van der Waals surface area contributed by atoms with Gasteiger partial charge in [0.15, 0.2) is 0 Å². The third-order valence-corrected chi connectivity index (χ3v) is 1.85. The molecule has 2 N–H and O–H groups in total. The molecule has 0 amide bonds. The molecule has 74 valence electrons. The van der Waals surface area contributed by atoms with Crippen molar-refractivity contribution in [1.82, 2.24) is 4.90 Å². The number of nitrogens with zero attached hydrogens (tertiary/aromatic N) is 1. The molecule has 0 heterocycles. The highest BCUT2D eigenvalue weighted by Gasteiger charge is 2.10. The van der Waals surface area contributed by atoms with Gasteiger partial charge >= 0.3 is 0 Å². The highest BCUT2D eigenvalue weighted by molar-refractivity contribution is 4.62.